The Hall–Kier alpha value is -2.13. The van der Waals surface area contributed by atoms with E-state index in [0.29, 0.717) is 0 Å². The van der Waals surface area contributed by atoms with E-state index >= 15 is 0 Å². The number of benzene rings is 2. The molecule has 1 unspecified atom stereocenters. The molecular formula is C16H18N2O. The van der Waals surface area contributed by atoms with Gasteiger partial charge in [0, 0.05) is 5.69 Å². The fraction of sp³-hybridized carbons (Fsp3) is 0.188. The first kappa shape index (κ1) is 13.3. The van der Waals surface area contributed by atoms with Crippen LogP contribution in [0.1, 0.15) is 22.7 Å². The molecule has 0 aliphatic carbocycles. The SMILES string of the molecule is Cc1ccc(C(N)C(=O)Nc2cccc(C)c2)cc1. The van der Waals surface area contributed by atoms with E-state index in [0.717, 1.165) is 22.4 Å². The Morgan fingerprint density at radius 1 is 1.05 bits per heavy atom. The number of hydrogen-bond donors (Lipinski definition) is 2. The van der Waals surface area contributed by atoms with Crippen LogP contribution in [0.25, 0.3) is 0 Å². The summed E-state index contributed by atoms with van der Waals surface area (Å²) in [7, 11) is 0. The van der Waals surface area contributed by atoms with Gasteiger partial charge in [-0.15, -0.1) is 0 Å². The molecule has 19 heavy (non-hydrogen) atoms. The highest BCUT2D eigenvalue weighted by Gasteiger charge is 2.15. The minimum Gasteiger partial charge on any atom is -0.324 e. The number of aryl methyl sites for hydroxylation is 2. The van der Waals surface area contributed by atoms with Gasteiger partial charge in [-0.3, -0.25) is 4.79 Å². The quantitative estimate of drug-likeness (QED) is 0.884. The highest BCUT2D eigenvalue weighted by molar-refractivity contribution is 5.95. The molecule has 0 saturated heterocycles. The van der Waals surface area contributed by atoms with E-state index in [4.69, 9.17) is 5.73 Å². The van der Waals surface area contributed by atoms with Crippen LogP contribution in [-0.2, 0) is 4.79 Å². The van der Waals surface area contributed by atoms with Gasteiger partial charge >= 0.3 is 0 Å². The van der Waals surface area contributed by atoms with Crippen molar-refractivity contribution in [2.75, 3.05) is 5.32 Å². The summed E-state index contributed by atoms with van der Waals surface area (Å²) in [5.74, 6) is -0.200. The summed E-state index contributed by atoms with van der Waals surface area (Å²) in [6.07, 6.45) is 0. The van der Waals surface area contributed by atoms with Gasteiger partial charge in [0.25, 0.3) is 0 Å². The molecule has 2 rings (SSSR count). The highest BCUT2D eigenvalue weighted by Crippen LogP contribution is 2.15. The van der Waals surface area contributed by atoms with Crippen molar-refractivity contribution in [2.45, 2.75) is 19.9 Å². The fourth-order valence-corrected chi connectivity index (χ4v) is 1.87. The van der Waals surface area contributed by atoms with Crippen LogP contribution in [0, 0.1) is 13.8 Å². The number of anilines is 1. The second-order valence-corrected chi connectivity index (χ2v) is 4.75. The minimum atomic E-state index is -0.652. The fourth-order valence-electron chi connectivity index (χ4n) is 1.87. The Kier molecular flexibility index (Phi) is 3.97. The van der Waals surface area contributed by atoms with Crippen molar-refractivity contribution >= 4 is 11.6 Å². The highest BCUT2D eigenvalue weighted by atomic mass is 16.2. The number of hydrogen-bond acceptors (Lipinski definition) is 2. The summed E-state index contributed by atoms with van der Waals surface area (Å²) >= 11 is 0. The molecule has 2 aromatic carbocycles. The van der Waals surface area contributed by atoms with Crippen LogP contribution in [0.2, 0.25) is 0 Å². The molecule has 0 saturated carbocycles. The van der Waals surface area contributed by atoms with Gasteiger partial charge in [-0.2, -0.15) is 0 Å². The standard InChI is InChI=1S/C16H18N2O/c1-11-6-8-13(9-7-11)15(17)16(19)18-14-5-3-4-12(2)10-14/h3-10,15H,17H2,1-2H3,(H,18,19). The van der Waals surface area contributed by atoms with E-state index in [1.165, 1.54) is 0 Å². The topological polar surface area (TPSA) is 55.1 Å². The first-order valence-corrected chi connectivity index (χ1v) is 6.26. The minimum absolute atomic E-state index is 0.200. The maximum atomic E-state index is 12.1. The third-order valence-electron chi connectivity index (χ3n) is 3.00. The second-order valence-electron chi connectivity index (χ2n) is 4.75. The number of nitrogens with one attached hydrogen (secondary N) is 1. The predicted molar refractivity (Wildman–Crippen MR) is 77.9 cm³/mol. The average molecular weight is 254 g/mol. The van der Waals surface area contributed by atoms with E-state index in [2.05, 4.69) is 5.32 Å². The maximum absolute atomic E-state index is 12.1. The summed E-state index contributed by atoms with van der Waals surface area (Å²) in [5, 5.41) is 2.83. The molecule has 98 valence electrons. The van der Waals surface area contributed by atoms with Crippen LogP contribution in [0.15, 0.2) is 48.5 Å². The maximum Gasteiger partial charge on any atom is 0.245 e. The lowest BCUT2D eigenvalue weighted by molar-refractivity contribution is -0.117. The molecule has 1 atom stereocenters. The number of carbonyl (C=O) groups excluding carboxylic acids is 1. The Bertz CT molecular complexity index is 576. The summed E-state index contributed by atoms with van der Waals surface area (Å²) < 4.78 is 0. The lowest BCUT2D eigenvalue weighted by Crippen LogP contribution is -2.27. The van der Waals surface area contributed by atoms with Gasteiger partial charge in [-0.1, -0.05) is 42.0 Å². The van der Waals surface area contributed by atoms with Gasteiger partial charge < -0.3 is 11.1 Å². The monoisotopic (exact) mass is 254 g/mol. The molecule has 3 heteroatoms. The number of carbonyl (C=O) groups is 1. The first-order chi connectivity index (χ1) is 9.06. The van der Waals surface area contributed by atoms with Crippen molar-refractivity contribution in [1.29, 1.82) is 0 Å². The molecule has 0 fully saturated rings. The van der Waals surface area contributed by atoms with E-state index in [9.17, 15) is 4.79 Å². The Morgan fingerprint density at radius 3 is 2.37 bits per heavy atom. The number of rotatable bonds is 3. The lowest BCUT2D eigenvalue weighted by atomic mass is 10.1. The zero-order chi connectivity index (χ0) is 13.8. The van der Waals surface area contributed by atoms with Crippen molar-refractivity contribution in [2.24, 2.45) is 5.73 Å². The zero-order valence-electron chi connectivity index (χ0n) is 11.2. The van der Waals surface area contributed by atoms with Crippen LogP contribution in [0.3, 0.4) is 0 Å². The smallest absolute Gasteiger partial charge is 0.245 e. The molecule has 1 amide bonds. The molecule has 2 aromatic rings. The molecule has 0 aliphatic rings. The molecular weight excluding hydrogens is 236 g/mol. The molecule has 0 aromatic heterocycles. The molecule has 0 heterocycles. The van der Waals surface area contributed by atoms with Gasteiger partial charge in [0.15, 0.2) is 0 Å². The Balaban J connectivity index is 2.09. The van der Waals surface area contributed by atoms with Crippen molar-refractivity contribution in [3.63, 3.8) is 0 Å². The van der Waals surface area contributed by atoms with Crippen LogP contribution < -0.4 is 11.1 Å². The van der Waals surface area contributed by atoms with Crippen LogP contribution >= 0.6 is 0 Å². The largest absolute Gasteiger partial charge is 0.324 e. The summed E-state index contributed by atoms with van der Waals surface area (Å²) in [4.78, 5) is 12.1. The first-order valence-electron chi connectivity index (χ1n) is 6.26. The second kappa shape index (κ2) is 5.67. The van der Waals surface area contributed by atoms with E-state index in [1.807, 2.05) is 62.4 Å². The summed E-state index contributed by atoms with van der Waals surface area (Å²) in [5.41, 5.74) is 9.80. The van der Waals surface area contributed by atoms with E-state index < -0.39 is 6.04 Å². The van der Waals surface area contributed by atoms with Gasteiger partial charge in [-0.25, -0.2) is 0 Å². The Morgan fingerprint density at radius 2 is 1.74 bits per heavy atom. The average Bonchev–Trinajstić information content (AvgIpc) is 2.39. The van der Waals surface area contributed by atoms with E-state index in [-0.39, 0.29) is 5.91 Å². The molecule has 0 bridgehead atoms. The predicted octanol–water partition coefficient (Wildman–Crippen LogP) is 2.94. The number of nitrogens with two attached hydrogens (primary N) is 1. The summed E-state index contributed by atoms with van der Waals surface area (Å²) in [6, 6.07) is 14.7. The molecule has 0 aliphatic heterocycles. The molecule has 3 N–H and O–H groups in total. The number of amides is 1. The lowest BCUT2D eigenvalue weighted by Gasteiger charge is -2.13. The molecule has 3 nitrogen and oxygen atoms in total. The Labute approximate surface area is 113 Å². The molecule has 0 spiro atoms. The van der Waals surface area contributed by atoms with Crippen molar-refractivity contribution < 1.29 is 4.79 Å². The normalized spacial score (nSPS) is 11.9. The van der Waals surface area contributed by atoms with Crippen molar-refractivity contribution in [3.05, 3.63) is 65.2 Å². The van der Waals surface area contributed by atoms with Gasteiger partial charge in [0.1, 0.15) is 6.04 Å². The van der Waals surface area contributed by atoms with Crippen LogP contribution in [0.5, 0.6) is 0 Å². The molecule has 0 radical (unpaired) electrons. The third kappa shape index (κ3) is 3.42. The van der Waals surface area contributed by atoms with Gasteiger partial charge in [0.2, 0.25) is 5.91 Å². The van der Waals surface area contributed by atoms with Crippen molar-refractivity contribution in [1.82, 2.24) is 0 Å². The van der Waals surface area contributed by atoms with Gasteiger partial charge in [0.05, 0.1) is 0 Å². The zero-order valence-corrected chi connectivity index (χ0v) is 11.2. The summed E-state index contributed by atoms with van der Waals surface area (Å²) in [6.45, 7) is 3.98. The van der Waals surface area contributed by atoms with Crippen LogP contribution in [-0.4, -0.2) is 5.91 Å². The van der Waals surface area contributed by atoms with Crippen molar-refractivity contribution in [3.8, 4) is 0 Å². The van der Waals surface area contributed by atoms with Gasteiger partial charge in [-0.05, 0) is 37.1 Å². The third-order valence-corrected chi connectivity index (χ3v) is 3.00. The van der Waals surface area contributed by atoms with Crippen LogP contribution in [0.4, 0.5) is 5.69 Å². The van der Waals surface area contributed by atoms with E-state index in [1.54, 1.807) is 0 Å².